The summed E-state index contributed by atoms with van der Waals surface area (Å²) in [6, 6.07) is 6.00. The Labute approximate surface area is 177 Å². The summed E-state index contributed by atoms with van der Waals surface area (Å²) in [5.41, 5.74) is -0.859. The van der Waals surface area contributed by atoms with Crippen molar-refractivity contribution in [3.63, 3.8) is 0 Å². The third-order valence-electron chi connectivity index (χ3n) is 4.06. The van der Waals surface area contributed by atoms with Crippen molar-refractivity contribution < 1.29 is 38.3 Å². The molecule has 2 aromatic carbocycles. The number of nitrogens with one attached hydrogen (secondary N) is 1. The molecule has 0 heterocycles. The van der Waals surface area contributed by atoms with Gasteiger partial charge in [-0.15, -0.1) is 0 Å². The Morgan fingerprint density at radius 1 is 0.935 bits per heavy atom. The van der Waals surface area contributed by atoms with Gasteiger partial charge in [-0.05, 0) is 25.1 Å². The SMILES string of the molecule is CCOc1cc([N+](=O)[O-])c(C(=O)Nc2cc(C(=O)OC)cc(C(=O)OC)c2)cc1OC. The van der Waals surface area contributed by atoms with Gasteiger partial charge in [0.15, 0.2) is 11.5 Å². The first kappa shape index (κ1) is 23.1. The molecule has 0 saturated carbocycles. The van der Waals surface area contributed by atoms with Crippen LogP contribution in [-0.4, -0.2) is 50.7 Å². The summed E-state index contributed by atoms with van der Waals surface area (Å²) in [6.45, 7) is 1.93. The van der Waals surface area contributed by atoms with Gasteiger partial charge in [0.1, 0.15) is 5.56 Å². The molecule has 2 rings (SSSR count). The molecule has 0 unspecified atom stereocenters. The van der Waals surface area contributed by atoms with Gasteiger partial charge in [-0.2, -0.15) is 0 Å². The van der Waals surface area contributed by atoms with Crippen molar-refractivity contribution in [3.8, 4) is 11.5 Å². The molecular weight excluding hydrogens is 412 g/mol. The van der Waals surface area contributed by atoms with Crippen LogP contribution in [0.4, 0.5) is 11.4 Å². The number of methoxy groups -OCH3 is 3. The van der Waals surface area contributed by atoms with Crippen LogP contribution >= 0.6 is 0 Å². The highest BCUT2D eigenvalue weighted by Gasteiger charge is 2.25. The zero-order chi connectivity index (χ0) is 23.1. The van der Waals surface area contributed by atoms with E-state index in [1.807, 2.05) is 0 Å². The smallest absolute Gasteiger partial charge is 0.337 e. The van der Waals surface area contributed by atoms with Crippen molar-refractivity contribution in [1.82, 2.24) is 0 Å². The monoisotopic (exact) mass is 432 g/mol. The van der Waals surface area contributed by atoms with Gasteiger partial charge in [0.2, 0.25) is 0 Å². The van der Waals surface area contributed by atoms with Crippen molar-refractivity contribution in [1.29, 1.82) is 0 Å². The Hall–Kier alpha value is -4.15. The Bertz CT molecular complexity index is 999. The minimum Gasteiger partial charge on any atom is -0.493 e. The molecule has 0 fully saturated rings. The molecule has 0 aliphatic heterocycles. The number of hydrogen-bond acceptors (Lipinski definition) is 9. The molecule has 0 saturated heterocycles. The van der Waals surface area contributed by atoms with Crippen LogP contribution in [0.3, 0.4) is 0 Å². The van der Waals surface area contributed by atoms with E-state index in [4.69, 9.17) is 9.47 Å². The van der Waals surface area contributed by atoms with Crippen LogP contribution in [0.25, 0.3) is 0 Å². The summed E-state index contributed by atoms with van der Waals surface area (Å²) in [7, 11) is 3.63. The summed E-state index contributed by atoms with van der Waals surface area (Å²) in [5, 5.41) is 13.9. The zero-order valence-electron chi connectivity index (χ0n) is 17.2. The molecule has 0 aromatic heterocycles. The van der Waals surface area contributed by atoms with Gasteiger partial charge in [0.25, 0.3) is 11.6 Å². The van der Waals surface area contributed by atoms with Crippen LogP contribution in [0.2, 0.25) is 0 Å². The Morgan fingerprint density at radius 2 is 1.52 bits per heavy atom. The predicted octanol–water partition coefficient (Wildman–Crippen LogP) is 2.83. The molecule has 1 amide bonds. The van der Waals surface area contributed by atoms with E-state index in [1.54, 1.807) is 6.92 Å². The van der Waals surface area contributed by atoms with Crippen molar-refractivity contribution in [2.75, 3.05) is 33.3 Å². The largest absolute Gasteiger partial charge is 0.493 e. The number of hydrogen-bond donors (Lipinski definition) is 1. The van der Waals surface area contributed by atoms with Crippen LogP contribution in [0.5, 0.6) is 11.5 Å². The molecule has 0 aliphatic carbocycles. The Balaban J connectivity index is 2.52. The first-order chi connectivity index (χ1) is 14.7. The zero-order valence-corrected chi connectivity index (χ0v) is 17.2. The number of amides is 1. The lowest BCUT2D eigenvalue weighted by Gasteiger charge is -2.13. The van der Waals surface area contributed by atoms with Crippen molar-refractivity contribution in [3.05, 3.63) is 57.1 Å². The summed E-state index contributed by atoms with van der Waals surface area (Å²) in [5.74, 6) is -2.15. The highest BCUT2D eigenvalue weighted by molar-refractivity contribution is 6.08. The molecular formula is C20H20N2O9. The predicted molar refractivity (Wildman–Crippen MR) is 108 cm³/mol. The molecule has 0 atom stereocenters. The molecule has 31 heavy (non-hydrogen) atoms. The van der Waals surface area contributed by atoms with Gasteiger partial charge >= 0.3 is 11.9 Å². The van der Waals surface area contributed by atoms with Gasteiger partial charge in [0.05, 0.1) is 50.1 Å². The first-order valence-electron chi connectivity index (χ1n) is 8.87. The maximum absolute atomic E-state index is 12.8. The average Bonchev–Trinajstić information content (AvgIpc) is 2.77. The number of nitrogens with zero attached hydrogens (tertiary/aromatic N) is 1. The number of esters is 2. The van der Waals surface area contributed by atoms with E-state index >= 15 is 0 Å². The van der Waals surface area contributed by atoms with E-state index in [0.29, 0.717) is 0 Å². The molecule has 0 bridgehead atoms. The standard InChI is InChI=1S/C20H20N2O9/c1-5-31-17-10-15(22(26)27)14(9-16(17)28-2)18(23)21-13-7-11(19(24)29-3)6-12(8-13)20(25)30-4/h6-10H,5H2,1-4H3,(H,21,23). The van der Waals surface area contributed by atoms with Crippen LogP contribution in [0.15, 0.2) is 30.3 Å². The highest BCUT2D eigenvalue weighted by Crippen LogP contribution is 2.35. The Morgan fingerprint density at radius 3 is 1.97 bits per heavy atom. The van der Waals surface area contributed by atoms with Gasteiger partial charge in [-0.1, -0.05) is 0 Å². The number of carbonyl (C=O) groups is 3. The average molecular weight is 432 g/mol. The highest BCUT2D eigenvalue weighted by atomic mass is 16.6. The van der Waals surface area contributed by atoms with E-state index < -0.39 is 28.5 Å². The first-order valence-corrected chi connectivity index (χ1v) is 8.87. The molecule has 164 valence electrons. The lowest BCUT2D eigenvalue weighted by Crippen LogP contribution is -2.16. The third-order valence-corrected chi connectivity index (χ3v) is 4.06. The second kappa shape index (κ2) is 10.1. The van der Waals surface area contributed by atoms with E-state index in [1.165, 1.54) is 31.4 Å². The number of carbonyl (C=O) groups excluding carboxylic acids is 3. The molecule has 2 aromatic rings. The van der Waals surface area contributed by atoms with E-state index in [-0.39, 0.29) is 40.5 Å². The second-order valence-electron chi connectivity index (χ2n) is 5.95. The fourth-order valence-corrected chi connectivity index (χ4v) is 2.68. The summed E-state index contributed by atoms with van der Waals surface area (Å²) < 4.78 is 19.8. The molecule has 1 N–H and O–H groups in total. The van der Waals surface area contributed by atoms with Crippen LogP contribution in [0, 0.1) is 10.1 Å². The van der Waals surface area contributed by atoms with Gasteiger partial charge < -0.3 is 24.3 Å². The van der Waals surface area contributed by atoms with Crippen LogP contribution in [0.1, 0.15) is 38.0 Å². The minimum atomic E-state index is -0.870. The van der Waals surface area contributed by atoms with Gasteiger partial charge in [0, 0.05) is 11.8 Å². The second-order valence-corrected chi connectivity index (χ2v) is 5.95. The van der Waals surface area contributed by atoms with Crippen molar-refractivity contribution >= 4 is 29.2 Å². The third kappa shape index (κ3) is 5.26. The van der Waals surface area contributed by atoms with Gasteiger partial charge in [-0.25, -0.2) is 9.59 Å². The topological polar surface area (TPSA) is 143 Å². The van der Waals surface area contributed by atoms with Gasteiger partial charge in [-0.3, -0.25) is 14.9 Å². The molecule has 11 nitrogen and oxygen atoms in total. The number of ether oxygens (including phenoxy) is 4. The number of nitro groups is 1. The fraction of sp³-hybridized carbons (Fsp3) is 0.250. The lowest BCUT2D eigenvalue weighted by molar-refractivity contribution is -0.385. The van der Waals surface area contributed by atoms with E-state index in [0.717, 1.165) is 20.3 Å². The number of anilines is 1. The summed E-state index contributed by atoms with van der Waals surface area (Å²) >= 11 is 0. The Kier molecular flexibility index (Phi) is 7.50. The number of nitro benzene ring substituents is 1. The van der Waals surface area contributed by atoms with Crippen LogP contribution < -0.4 is 14.8 Å². The molecule has 0 spiro atoms. The molecule has 11 heteroatoms. The van der Waals surface area contributed by atoms with Crippen molar-refractivity contribution in [2.24, 2.45) is 0 Å². The number of benzene rings is 2. The fourth-order valence-electron chi connectivity index (χ4n) is 2.68. The molecule has 0 radical (unpaired) electrons. The summed E-state index contributed by atoms with van der Waals surface area (Å²) in [6.07, 6.45) is 0. The van der Waals surface area contributed by atoms with Crippen LogP contribution in [-0.2, 0) is 9.47 Å². The number of rotatable bonds is 8. The quantitative estimate of drug-likeness (QED) is 0.378. The molecule has 0 aliphatic rings. The van der Waals surface area contributed by atoms with E-state index in [2.05, 4.69) is 14.8 Å². The summed E-state index contributed by atoms with van der Waals surface area (Å²) in [4.78, 5) is 47.4. The van der Waals surface area contributed by atoms with E-state index in [9.17, 15) is 24.5 Å². The maximum Gasteiger partial charge on any atom is 0.337 e. The normalized spacial score (nSPS) is 10.1. The maximum atomic E-state index is 12.8. The minimum absolute atomic E-state index is 0.0236. The van der Waals surface area contributed by atoms with Crippen molar-refractivity contribution in [2.45, 2.75) is 6.92 Å². The lowest BCUT2D eigenvalue weighted by atomic mass is 10.1.